The van der Waals surface area contributed by atoms with Crippen LogP contribution in [0.1, 0.15) is 42.0 Å². The van der Waals surface area contributed by atoms with Crippen molar-refractivity contribution in [2.75, 3.05) is 0 Å². The highest BCUT2D eigenvalue weighted by Crippen LogP contribution is 2.31. The molecule has 0 amide bonds. The van der Waals surface area contributed by atoms with Crippen LogP contribution in [0, 0.1) is 0 Å². The van der Waals surface area contributed by atoms with Crippen LogP contribution in [0.4, 0.5) is 0 Å². The normalized spacial score (nSPS) is 11.2. The predicted molar refractivity (Wildman–Crippen MR) is 142 cm³/mol. The molecule has 6 heteroatoms. The van der Waals surface area contributed by atoms with Gasteiger partial charge < -0.3 is 0 Å². The Bertz CT molecular complexity index is 1380. The van der Waals surface area contributed by atoms with Crippen molar-refractivity contribution in [3.05, 3.63) is 120 Å². The summed E-state index contributed by atoms with van der Waals surface area (Å²) in [5.41, 5.74) is 6.99. The van der Waals surface area contributed by atoms with E-state index in [1.807, 2.05) is 24.5 Å². The van der Waals surface area contributed by atoms with Gasteiger partial charge >= 0.3 is 0 Å². The van der Waals surface area contributed by atoms with E-state index >= 15 is 0 Å². The molecule has 0 fully saturated rings. The van der Waals surface area contributed by atoms with Crippen molar-refractivity contribution in [3.63, 3.8) is 0 Å². The average molecular weight is 478 g/mol. The van der Waals surface area contributed by atoms with Gasteiger partial charge in [0.25, 0.3) is 0 Å². The molecule has 5 rings (SSSR count). The molecule has 174 valence electrons. The third kappa shape index (κ3) is 5.49. The van der Waals surface area contributed by atoms with E-state index in [0.29, 0.717) is 5.92 Å². The summed E-state index contributed by atoms with van der Waals surface area (Å²) in [6, 6.07) is 25.4. The Balaban J connectivity index is 1.50. The van der Waals surface area contributed by atoms with Gasteiger partial charge in [-0.1, -0.05) is 68.1 Å². The van der Waals surface area contributed by atoms with E-state index in [0.717, 1.165) is 40.0 Å². The first-order valence-corrected chi connectivity index (χ1v) is 12.7. The number of nitrogens with zero attached hydrogens (tertiary/aromatic N) is 5. The molecule has 0 saturated carbocycles. The van der Waals surface area contributed by atoms with Crippen LogP contribution in [-0.4, -0.2) is 24.7 Å². The molecule has 3 aromatic heterocycles. The molecular weight excluding hydrogens is 450 g/mol. The van der Waals surface area contributed by atoms with Gasteiger partial charge in [-0.2, -0.15) is 0 Å². The molecule has 0 bridgehead atoms. The Morgan fingerprint density at radius 2 is 1.51 bits per heavy atom. The fraction of sp³-hybridized carbons (Fsp3) is 0.172. The molecule has 5 aromatic rings. The Morgan fingerprint density at radius 3 is 2.20 bits per heavy atom. The zero-order chi connectivity index (χ0) is 24.0. The number of rotatable bonds is 8. The van der Waals surface area contributed by atoms with Crippen molar-refractivity contribution in [1.29, 1.82) is 0 Å². The minimum Gasteiger partial charge on any atom is -0.270 e. The van der Waals surface area contributed by atoms with Crippen LogP contribution in [0.25, 0.3) is 17.1 Å². The molecule has 0 atom stereocenters. The SMILES string of the molecule is CC(C)c1cccc(-c2nnc(SCc3cccnc3)n2-c2ccc(Cc3cccnc3)cc2)c1. The van der Waals surface area contributed by atoms with Crippen LogP contribution < -0.4 is 0 Å². The summed E-state index contributed by atoms with van der Waals surface area (Å²) < 4.78 is 2.16. The van der Waals surface area contributed by atoms with Gasteiger partial charge in [0, 0.05) is 41.8 Å². The summed E-state index contributed by atoms with van der Waals surface area (Å²) in [6.07, 6.45) is 8.26. The molecule has 0 N–H and O–H groups in total. The number of aromatic nitrogens is 5. The first-order chi connectivity index (χ1) is 17.2. The number of benzene rings is 2. The third-order valence-corrected chi connectivity index (χ3v) is 6.86. The molecule has 0 aliphatic heterocycles. The highest BCUT2D eigenvalue weighted by atomic mass is 32.2. The summed E-state index contributed by atoms with van der Waals surface area (Å²) in [7, 11) is 0. The Kier molecular flexibility index (Phi) is 7.00. The highest BCUT2D eigenvalue weighted by Gasteiger charge is 2.17. The van der Waals surface area contributed by atoms with Crippen molar-refractivity contribution in [1.82, 2.24) is 24.7 Å². The zero-order valence-electron chi connectivity index (χ0n) is 19.9. The van der Waals surface area contributed by atoms with Crippen LogP contribution >= 0.6 is 11.8 Å². The lowest BCUT2D eigenvalue weighted by atomic mass is 10.0. The maximum atomic E-state index is 4.63. The molecule has 35 heavy (non-hydrogen) atoms. The lowest BCUT2D eigenvalue weighted by Crippen LogP contribution is -2.01. The van der Waals surface area contributed by atoms with Gasteiger partial charge in [-0.05, 0) is 64.9 Å². The number of hydrogen-bond donors (Lipinski definition) is 0. The van der Waals surface area contributed by atoms with E-state index < -0.39 is 0 Å². The van der Waals surface area contributed by atoms with E-state index in [-0.39, 0.29) is 0 Å². The van der Waals surface area contributed by atoms with Crippen molar-refractivity contribution in [3.8, 4) is 17.1 Å². The van der Waals surface area contributed by atoms with Crippen LogP contribution in [0.2, 0.25) is 0 Å². The van der Waals surface area contributed by atoms with Crippen molar-refractivity contribution >= 4 is 11.8 Å². The summed E-state index contributed by atoms with van der Waals surface area (Å²) in [5.74, 6) is 2.07. The number of hydrogen-bond acceptors (Lipinski definition) is 5. The van der Waals surface area contributed by atoms with Gasteiger partial charge in [0.1, 0.15) is 0 Å². The van der Waals surface area contributed by atoms with Gasteiger partial charge in [-0.3, -0.25) is 14.5 Å². The minimum absolute atomic E-state index is 0.442. The predicted octanol–water partition coefficient (Wildman–Crippen LogP) is 6.73. The topological polar surface area (TPSA) is 56.5 Å². The first kappa shape index (κ1) is 23.0. The van der Waals surface area contributed by atoms with Crippen LogP contribution in [0.5, 0.6) is 0 Å². The first-order valence-electron chi connectivity index (χ1n) is 11.7. The average Bonchev–Trinajstić information content (AvgIpc) is 3.33. The van der Waals surface area contributed by atoms with E-state index in [4.69, 9.17) is 0 Å². The van der Waals surface area contributed by atoms with Crippen molar-refractivity contribution < 1.29 is 0 Å². The fourth-order valence-electron chi connectivity index (χ4n) is 3.95. The molecule has 0 unspecified atom stereocenters. The second-order valence-electron chi connectivity index (χ2n) is 8.78. The van der Waals surface area contributed by atoms with Gasteiger partial charge in [0.2, 0.25) is 0 Å². The van der Waals surface area contributed by atoms with E-state index in [2.05, 4.69) is 99.2 Å². The van der Waals surface area contributed by atoms with E-state index in [1.54, 1.807) is 24.2 Å². The lowest BCUT2D eigenvalue weighted by Gasteiger charge is -2.13. The second-order valence-corrected chi connectivity index (χ2v) is 9.72. The smallest absolute Gasteiger partial charge is 0.196 e. The standard InChI is InChI=1S/C29H27N5S/c1-21(2)25-8-3-9-26(17-25)28-32-33-29(35-20-24-7-5-15-31-19-24)34(28)27-12-10-22(11-13-27)16-23-6-4-14-30-18-23/h3-15,17-19,21H,16,20H2,1-2H3. The van der Waals surface area contributed by atoms with E-state index in [1.165, 1.54) is 16.7 Å². The van der Waals surface area contributed by atoms with Gasteiger partial charge in [0.15, 0.2) is 11.0 Å². The summed E-state index contributed by atoms with van der Waals surface area (Å²) in [6.45, 7) is 4.42. The van der Waals surface area contributed by atoms with Gasteiger partial charge in [-0.25, -0.2) is 0 Å². The minimum atomic E-state index is 0.442. The number of pyridine rings is 2. The summed E-state index contributed by atoms with van der Waals surface area (Å²) >= 11 is 1.67. The van der Waals surface area contributed by atoms with Gasteiger partial charge in [0.05, 0.1) is 0 Å². The molecule has 2 aromatic carbocycles. The zero-order valence-corrected chi connectivity index (χ0v) is 20.7. The van der Waals surface area contributed by atoms with Crippen LogP contribution in [0.15, 0.2) is 103 Å². The third-order valence-electron chi connectivity index (χ3n) is 5.86. The second kappa shape index (κ2) is 10.7. The Hall–Kier alpha value is -3.77. The summed E-state index contributed by atoms with van der Waals surface area (Å²) in [5, 5.41) is 10.1. The van der Waals surface area contributed by atoms with Crippen molar-refractivity contribution in [2.24, 2.45) is 0 Å². The fourth-order valence-corrected chi connectivity index (χ4v) is 4.84. The number of thioether (sulfide) groups is 1. The molecule has 0 saturated heterocycles. The molecule has 0 aliphatic rings. The van der Waals surface area contributed by atoms with Crippen LogP contribution in [0.3, 0.4) is 0 Å². The van der Waals surface area contributed by atoms with Crippen molar-refractivity contribution in [2.45, 2.75) is 37.1 Å². The summed E-state index contributed by atoms with van der Waals surface area (Å²) in [4.78, 5) is 8.47. The monoisotopic (exact) mass is 477 g/mol. The molecule has 0 radical (unpaired) electrons. The lowest BCUT2D eigenvalue weighted by molar-refractivity contribution is 0.865. The quantitative estimate of drug-likeness (QED) is 0.232. The highest BCUT2D eigenvalue weighted by molar-refractivity contribution is 7.98. The largest absolute Gasteiger partial charge is 0.270 e. The molecule has 0 spiro atoms. The Labute approximate surface area is 210 Å². The molecular formula is C29H27N5S. The maximum Gasteiger partial charge on any atom is 0.196 e. The Morgan fingerprint density at radius 1 is 0.771 bits per heavy atom. The molecule has 3 heterocycles. The molecule has 5 nitrogen and oxygen atoms in total. The molecule has 0 aliphatic carbocycles. The van der Waals surface area contributed by atoms with Gasteiger partial charge in [-0.15, -0.1) is 10.2 Å². The van der Waals surface area contributed by atoms with Crippen LogP contribution in [-0.2, 0) is 12.2 Å². The maximum absolute atomic E-state index is 4.63. The van der Waals surface area contributed by atoms with E-state index in [9.17, 15) is 0 Å².